The summed E-state index contributed by atoms with van der Waals surface area (Å²) in [4.78, 5) is 26.7. The fourth-order valence-corrected chi connectivity index (χ4v) is 3.73. The number of carbonyl (C=O) groups is 2. The van der Waals surface area contributed by atoms with Gasteiger partial charge in [-0.1, -0.05) is 29.3 Å². The van der Waals surface area contributed by atoms with Gasteiger partial charge in [0.2, 0.25) is 5.91 Å². The minimum Gasteiger partial charge on any atom is -0.338 e. The molecule has 2 aliphatic rings. The van der Waals surface area contributed by atoms with Crippen LogP contribution in [0.1, 0.15) is 47.8 Å². The number of carbonyl (C=O) groups excluding carboxylic acids is 2. The van der Waals surface area contributed by atoms with Crippen LogP contribution in [0.4, 0.5) is 8.78 Å². The summed E-state index contributed by atoms with van der Waals surface area (Å²) < 4.78 is 26.2. The smallest absolute Gasteiger partial charge is 0.274 e. The molecule has 0 spiro atoms. The fourth-order valence-electron chi connectivity index (χ4n) is 3.41. The molecule has 168 valence electrons. The van der Waals surface area contributed by atoms with Crippen LogP contribution in [0.2, 0.25) is 10.0 Å². The van der Waals surface area contributed by atoms with E-state index in [1.165, 1.54) is 0 Å². The second-order valence-corrected chi connectivity index (χ2v) is 8.94. The van der Waals surface area contributed by atoms with Crippen LogP contribution in [0.3, 0.4) is 0 Å². The first kappa shape index (κ1) is 22.4. The van der Waals surface area contributed by atoms with E-state index in [4.69, 9.17) is 23.2 Å². The highest BCUT2D eigenvalue weighted by molar-refractivity contribution is 6.42. The van der Waals surface area contributed by atoms with Gasteiger partial charge in [-0.15, -0.1) is 5.10 Å². The standard InChI is InChI=1S/C20H18Cl2F2N6O2/c21-13-2-1-11(5-14(13)22)6-15(18(32)28-19(10-25)3-4-19)27-17(31)16-9-26-30(29-16)12-7-20(23,24)8-12/h1-2,5,9,12,15H,3-4,6-8H2,(H,27,31)(H,28,32)/t15-/m0/s1. The maximum Gasteiger partial charge on any atom is 0.274 e. The van der Waals surface area contributed by atoms with Crippen molar-refractivity contribution in [3.05, 3.63) is 45.7 Å². The van der Waals surface area contributed by atoms with Gasteiger partial charge in [0.15, 0.2) is 5.69 Å². The minimum absolute atomic E-state index is 0.0823. The molecule has 0 unspecified atom stereocenters. The lowest BCUT2D eigenvalue weighted by Gasteiger charge is -2.33. The van der Waals surface area contributed by atoms with Gasteiger partial charge in [-0.25, -0.2) is 8.78 Å². The summed E-state index contributed by atoms with van der Waals surface area (Å²) in [6, 6.07) is 5.29. The van der Waals surface area contributed by atoms with Crippen molar-refractivity contribution in [2.24, 2.45) is 0 Å². The Morgan fingerprint density at radius 3 is 2.59 bits per heavy atom. The largest absolute Gasteiger partial charge is 0.338 e. The fraction of sp³-hybridized carbons (Fsp3) is 0.450. The Hall–Kier alpha value is -2.77. The maximum atomic E-state index is 13.1. The van der Waals surface area contributed by atoms with Crippen LogP contribution in [0.25, 0.3) is 0 Å². The summed E-state index contributed by atoms with van der Waals surface area (Å²) in [5, 5.41) is 23.1. The zero-order chi connectivity index (χ0) is 23.1. The van der Waals surface area contributed by atoms with Crippen LogP contribution in [0.15, 0.2) is 24.4 Å². The summed E-state index contributed by atoms with van der Waals surface area (Å²) in [6.45, 7) is 0. The molecule has 1 heterocycles. The monoisotopic (exact) mass is 482 g/mol. The van der Waals surface area contributed by atoms with Crippen LogP contribution in [-0.2, 0) is 11.2 Å². The first-order valence-electron chi connectivity index (χ1n) is 9.87. The number of nitriles is 1. The van der Waals surface area contributed by atoms with Gasteiger partial charge in [-0.2, -0.15) is 15.2 Å². The number of aromatic nitrogens is 3. The molecule has 0 aliphatic heterocycles. The maximum absolute atomic E-state index is 13.1. The highest BCUT2D eigenvalue weighted by Crippen LogP contribution is 2.44. The lowest BCUT2D eigenvalue weighted by atomic mass is 9.89. The first-order valence-corrected chi connectivity index (χ1v) is 10.6. The summed E-state index contributed by atoms with van der Waals surface area (Å²) in [5.41, 5.74) is -0.383. The second-order valence-electron chi connectivity index (χ2n) is 8.13. The molecule has 1 atom stereocenters. The quantitative estimate of drug-likeness (QED) is 0.629. The SMILES string of the molecule is N#CC1(NC(=O)[C@H](Cc2ccc(Cl)c(Cl)c2)NC(=O)c2cnn(C3CC(F)(F)C3)n2)CC1. The zero-order valence-corrected chi connectivity index (χ0v) is 18.1. The number of hydrogen-bond acceptors (Lipinski definition) is 5. The van der Waals surface area contributed by atoms with Gasteiger partial charge in [0.1, 0.15) is 11.6 Å². The van der Waals surface area contributed by atoms with E-state index < -0.39 is 35.4 Å². The Kier molecular flexibility index (Phi) is 5.81. The van der Waals surface area contributed by atoms with Crippen molar-refractivity contribution in [2.45, 2.75) is 55.6 Å². The summed E-state index contributed by atoms with van der Waals surface area (Å²) in [6.07, 6.45) is 1.53. The number of nitrogens with zero attached hydrogens (tertiary/aromatic N) is 4. The lowest BCUT2D eigenvalue weighted by Crippen LogP contribution is -2.51. The van der Waals surface area contributed by atoms with E-state index in [1.807, 2.05) is 0 Å². The van der Waals surface area contributed by atoms with Crippen LogP contribution < -0.4 is 10.6 Å². The number of alkyl halides is 2. The normalized spacial score (nSPS) is 19.3. The lowest BCUT2D eigenvalue weighted by molar-refractivity contribution is -0.123. The highest BCUT2D eigenvalue weighted by Gasteiger charge is 2.48. The Balaban J connectivity index is 1.48. The number of nitrogens with one attached hydrogen (secondary N) is 2. The molecule has 2 amide bonds. The number of amides is 2. The second kappa shape index (κ2) is 8.30. The van der Waals surface area contributed by atoms with E-state index in [0.717, 1.165) is 11.0 Å². The predicted octanol–water partition coefficient (Wildman–Crippen LogP) is 3.07. The molecule has 32 heavy (non-hydrogen) atoms. The molecule has 1 aromatic heterocycles. The van der Waals surface area contributed by atoms with E-state index in [2.05, 4.69) is 26.9 Å². The van der Waals surface area contributed by atoms with Crippen molar-refractivity contribution in [1.82, 2.24) is 25.6 Å². The van der Waals surface area contributed by atoms with E-state index in [0.29, 0.717) is 28.5 Å². The van der Waals surface area contributed by atoms with Crippen LogP contribution >= 0.6 is 23.2 Å². The predicted molar refractivity (Wildman–Crippen MR) is 110 cm³/mol. The van der Waals surface area contributed by atoms with Gasteiger partial charge in [-0.05, 0) is 30.5 Å². The number of benzene rings is 1. The van der Waals surface area contributed by atoms with Gasteiger partial charge >= 0.3 is 0 Å². The molecule has 0 bridgehead atoms. The molecular formula is C20H18Cl2F2N6O2. The van der Waals surface area contributed by atoms with Crippen molar-refractivity contribution in [1.29, 1.82) is 5.26 Å². The molecule has 2 aliphatic carbocycles. The van der Waals surface area contributed by atoms with E-state index in [-0.39, 0.29) is 25.0 Å². The number of rotatable bonds is 7. The Bertz CT molecular complexity index is 1100. The minimum atomic E-state index is -2.75. The zero-order valence-electron chi connectivity index (χ0n) is 16.6. The molecule has 2 N–H and O–H groups in total. The average molecular weight is 483 g/mol. The number of hydrogen-bond donors (Lipinski definition) is 2. The van der Waals surface area contributed by atoms with Gasteiger partial charge in [0, 0.05) is 19.3 Å². The van der Waals surface area contributed by atoms with Crippen molar-refractivity contribution in [3.8, 4) is 6.07 Å². The van der Waals surface area contributed by atoms with Crippen LogP contribution in [0, 0.1) is 11.3 Å². The number of halogens is 4. The van der Waals surface area contributed by atoms with E-state index >= 15 is 0 Å². The van der Waals surface area contributed by atoms with E-state index in [9.17, 15) is 23.6 Å². The molecule has 2 aromatic rings. The van der Waals surface area contributed by atoms with Gasteiger partial charge in [-0.3, -0.25) is 9.59 Å². The van der Waals surface area contributed by atoms with Crippen LogP contribution in [-0.4, -0.2) is 44.3 Å². The Labute approximate surface area is 191 Å². The van der Waals surface area contributed by atoms with Crippen LogP contribution in [0.5, 0.6) is 0 Å². The third-order valence-corrected chi connectivity index (χ3v) is 6.25. The van der Waals surface area contributed by atoms with Crippen molar-refractivity contribution in [2.75, 3.05) is 0 Å². The third-order valence-electron chi connectivity index (χ3n) is 5.51. The molecule has 0 radical (unpaired) electrons. The third kappa shape index (κ3) is 4.84. The van der Waals surface area contributed by atoms with Crippen molar-refractivity contribution in [3.63, 3.8) is 0 Å². The summed E-state index contributed by atoms with van der Waals surface area (Å²) in [5.74, 6) is -3.97. The molecule has 0 saturated heterocycles. The van der Waals surface area contributed by atoms with Crippen molar-refractivity contribution < 1.29 is 18.4 Å². The van der Waals surface area contributed by atoms with Gasteiger partial charge < -0.3 is 10.6 Å². The first-order chi connectivity index (χ1) is 15.1. The molecule has 8 nitrogen and oxygen atoms in total. The Morgan fingerprint density at radius 1 is 1.28 bits per heavy atom. The molecule has 4 rings (SSSR count). The summed E-state index contributed by atoms with van der Waals surface area (Å²) in [7, 11) is 0. The molecule has 1 aromatic carbocycles. The van der Waals surface area contributed by atoms with Crippen molar-refractivity contribution >= 4 is 35.0 Å². The summed E-state index contributed by atoms with van der Waals surface area (Å²) >= 11 is 12.0. The topological polar surface area (TPSA) is 113 Å². The van der Waals surface area contributed by atoms with Gasteiger partial charge in [0.25, 0.3) is 11.8 Å². The van der Waals surface area contributed by atoms with Gasteiger partial charge in [0.05, 0.1) is 28.4 Å². The average Bonchev–Trinajstić information content (AvgIpc) is 3.31. The highest BCUT2D eigenvalue weighted by atomic mass is 35.5. The molecule has 12 heteroatoms. The molecule has 2 fully saturated rings. The Morgan fingerprint density at radius 2 is 2.00 bits per heavy atom. The van der Waals surface area contributed by atoms with E-state index in [1.54, 1.807) is 18.2 Å². The molecule has 2 saturated carbocycles. The molecular weight excluding hydrogens is 465 g/mol.